The SMILES string of the molecule is O=C(CC1=CCCCC1)N1CC[C@H]2C[C@H](c3nccs3)O[C@@H]2C1. The quantitative estimate of drug-likeness (QED) is 0.793. The Morgan fingerprint density at radius 2 is 2.39 bits per heavy atom. The summed E-state index contributed by atoms with van der Waals surface area (Å²) in [5.74, 6) is 0.875. The van der Waals surface area contributed by atoms with Gasteiger partial charge in [0.1, 0.15) is 11.1 Å². The predicted molar refractivity (Wildman–Crippen MR) is 90.2 cm³/mol. The molecule has 0 saturated carbocycles. The molecule has 0 N–H and O–H groups in total. The van der Waals surface area contributed by atoms with E-state index in [0.717, 1.165) is 43.8 Å². The van der Waals surface area contributed by atoms with E-state index < -0.39 is 0 Å². The molecule has 3 heterocycles. The number of ether oxygens (including phenoxy) is 1. The predicted octanol–water partition coefficient (Wildman–Crippen LogP) is 3.71. The van der Waals surface area contributed by atoms with E-state index in [-0.39, 0.29) is 18.1 Å². The Kier molecular flexibility index (Phi) is 4.49. The highest BCUT2D eigenvalue weighted by atomic mass is 32.1. The molecule has 2 aliphatic heterocycles. The monoisotopic (exact) mass is 332 g/mol. The molecule has 4 nitrogen and oxygen atoms in total. The highest BCUT2D eigenvalue weighted by Gasteiger charge is 2.41. The van der Waals surface area contributed by atoms with Gasteiger partial charge in [0.05, 0.1) is 6.10 Å². The van der Waals surface area contributed by atoms with Crippen molar-refractivity contribution in [3.05, 3.63) is 28.2 Å². The van der Waals surface area contributed by atoms with Gasteiger partial charge in [-0.05, 0) is 44.4 Å². The van der Waals surface area contributed by atoms with Crippen molar-refractivity contribution in [3.63, 3.8) is 0 Å². The normalized spacial score (nSPS) is 30.9. The molecule has 1 aromatic rings. The van der Waals surface area contributed by atoms with E-state index in [2.05, 4.69) is 11.1 Å². The number of likely N-dealkylation sites (tertiary alicyclic amines) is 1. The molecule has 3 aliphatic rings. The first-order valence-corrected chi connectivity index (χ1v) is 9.68. The number of carbonyl (C=O) groups is 1. The van der Waals surface area contributed by atoms with Gasteiger partial charge in [-0.1, -0.05) is 11.6 Å². The van der Waals surface area contributed by atoms with E-state index in [1.165, 1.54) is 18.4 Å². The molecular weight excluding hydrogens is 308 g/mol. The Hall–Kier alpha value is -1.20. The highest BCUT2D eigenvalue weighted by Crippen LogP contribution is 2.41. The van der Waals surface area contributed by atoms with Crippen LogP contribution in [-0.4, -0.2) is 35.0 Å². The van der Waals surface area contributed by atoms with Crippen LogP contribution in [0, 0.1) is 5.92 Å². The lowest BCUT2D eigenvalue weighted by molar-refractivity contribution is -0.135. The molecule has 2 fully saturated rings. The van der Waals surface area contributed by atoms with Crippen molar-refractivity contribution in [1.82, 2.24) is 9.88 Å². The number of hydrogen-bond donors (Lipinski definition) is 0. The maximum absolute atomic E-state index is 12.6. The summed E-state index contributed by atoms with van der Waals surface area (Å²) in [6.45, 7) is 1.65. The number of hydrogen-bond acceptors (Lipinski definition) is 4. The maximum atomic E-state index is 12.6. The van der Waals surface area contributed by atoms with Crippen molar-refractivity contribution >= 4 is 17.2 Å². The first-order chi connectivity index (χ1) is 11.3. The van der Waals surface area contributed by atoms with Crippen LogP contribution >= 0.6 is 11.3 Å². The first-order valence-electron chi connectivity index (χ1n) is 8.80. The zero-order valence-corrected chi connectivity index (χ0v) is 14.3. The van der Waals surface area contributed by atoms with Gasteiger partial charge in [-0.15, -0.1) is 11.3 Å². The average Bonchev–Trinajstić information content (AvgIpc) is 3.24. The van der Waals surface area contributed by atoms with Gasteiger partial charge in [-0.25, -0.2) is 4.98 Å². The molecule has 0 radical (unpaired) electrons. The van der Waals surface area contributed by atoms with Crippen LogP contribution in [0.3, 0.4) is 0 Å². The first kappa shape index (κ1) is 15.3. The number of nitrogens with zero attached hydrogens (tertiary/aromatic N) is 2. The minimum absolute atomic E-state index is 0.140. The van der Waals surface area contributed by atoms with Crippen molar-refractivity contribution in [1.29, 1.82) is 0 Å². The Bertz CT molecular complexity index is 584. The zero-order valence-electron chi connectivity index (χ0n) is 13.4. The minimum atomic E-state index is 0.140. The number of amides is 1. The largest absolute Gasteiger partial charge is 0.366 e. The van der Waals surface area contributed by atoms with Crippen LogP contribution in [0.25, 0.3) is 0 Å². The smallest absolute Gasteiger partial charge is 0.226 e. The molecule has 2 saturated heterocycles. The summed E-state index contributed by atoms with van der Waals surface area (Å²) in [5.41, 5.74) is 1.34. The molecule has 5 heteroatoms. The van der Waals surface area contributed by atoms with Crippen LogP contribution in [0.15, 0.2) is 23.2 Å². The Morgan fingerprint density at radius 1 is 1.43 bits per heavy atom. The molecule has 0 bridgehead atoms. The molecule has 0 spiro atoms. The fourth-order valence-electron chi connectivity index (χ4n) is 4.08. The van der Waals surface area contributed by atoms with Crippen molar-refractivity contribution in [2.75, 3.05) is 13.1 Å². The van der Waals surface area contributed by atoms with Crippen molar-refractivity contribution in [3.8, 4) is 0 Å². The Morgan fingerprint density at radius 3 is 3.17 bits per heavy atom. The van der Waals surface area contributed by atoms with Gasteiger partial charge >= 0.3 is 0 Å². The van der Waals surface area contributed by atoms with Gasteiger partial charge < -0.3 is 9.64 Å². The summed E-state index contributed by atoms with van der Waals surface area (Å²) in [6.07, 6.45) is 12.0. The summed E-state index contributed by atoms with van der Waals surface area (Å²) < 4.78 is 6.22. The van der Waals surface area contributed by atoms with E-state index in [1.54, 1.807) is 11.3 Å². The summed E-state index contributed by atoms with van der Waals surface area (Å²) in [7, 11) is 0. The molecule has 1 amide bonds. The number of piperidine rings is 1. The lowest BCUT2D eigenvalue weighted by atomic mass is 9.91. The van der Waals surface area contributed by atoms with Crippen molar-refractivity contribution in [2.24, 2.45) is 5.92 Å². The third-order valence-corrected chi connectivity index (χ3v) is 6.26. The molecule has 23 heavy (non-hydrogen) atoms. The van der Waals surface area contributed by atoms with Gasteiger partial charge in [0.15, 0.2) is 0 Å². The zero-order chi connectivity index (χ0) is 15.6. The van der Waals surface area contributed by atoms with E-state index >= 15 is 0 Å². The second-order valence-corrected chi connectivity index (χ2v) is 7.87. The summed E-state index contributed by atoms with van der Waals surface area (Å²) in [6, 6.07) is 0. The summed E-state index contributed by atoms with van der Waals surface area (Å²) in [5, 5.41) is 3.10. The lowest BCUT2D eigenvalue weighted by Gasteiger charge is -2.34. The van der Waals surface area contributed by atoms with Crippen LogP contribution in [-0.2, 0) is 9.53 Å². The van der Waals surface area contributed by atoms with E-state index in [9.17, 15) is 4.79 Å². The molecule has 4 rings (SSSR count). The lowest BCUT2D eigenvalue weighted by Crippen LogP contribution is -2.45. The van der Waals surface area contributed by atoms with Crippen LogP contribution < -0.4 is 0 Å². The van der Waals surface area contributed by atoms with Gasteiger partial charge in [0.2, 0.25) is 5.91 Å². The Labute approximate surface area is 141 Å². The standard InChI is InChI=1S/C18H24N2O2S/c21-17(10-13-4-2-1-3-5-13)20-8-6-14-11-15(22-16(14)12-20)18-19-7-9-23-18/h4,7,9,14-16H,1-3,5-6,8,10-12H2/t14-,15+,16+/m0/s1. The third-order valence-electron chi connectivity index (χ3n) is 5.39. The van der Waals surface area contributed by atoms with Gasteiger partial charge in [-0.3, -0.25) is 4.79 Å². The highest BCUT2D eigenvalue weighted by molar-refractivity contribution is 7.09. The van der Waals surface area contributed by atoms with Gasteiger partial charge in [-0.2, -0.15) is 0 Å². The molecule has 1 aliphatic carbocycles. The molecule has 124 valence electrons. The minimum Gasteiger partial charge on any atom is -0.366 e. The van der Waals surface area contributed by atoms with E-state index in [4.69, 9.17) is 4.74 Å². The number of carbonyl (C=O) groups excluding carboxylic acids is 1. The molecule has 3 atom stereocenters. The van der Waals surface area contributed by atoms with E-state index in [1.807, 2.05) is 16.5 Å². The Balaban J connectivity index is 1.35. The van der Waals surface area contributed by atoms with Gasteiger partial charge in [0.25, 0.3) is 0 Å². The maximum Gasteiger partial charge on any atom is 0.226 e. The van der Waals surface area contributed by atoms with Crippen molar-refractivity contribution in [2.45, 2.75) is 57.2 Å². The van der Waals surface area contributed by atoms with Crippen LogP contribution in [0.1, 0.15) is 56.1 Å². The number of aromatic nitrogens is 1. The van der Waals surface area contributed by atoms with Crippen LogP contribution in [0.4, 0.5) is 0 Å². The molecule has 0 aromatic carbocycles. The number of thiazole rings is 1. The number of fused-ring (bicyclic) bond motifs is 1. The molecule has 1 aromatic heterocycles. The fourth-order valence-corrected chi connectivity index (χ4v) is 4.77. The average molecular weight is 332 g/mol. The fraction of sp³-hybridized carbons (Fsp3) is 0.667. The third kappa shape index (κ3) is 3.36. The van der Waals surface area contributed by atoms with Crippen LogP contribution in [0.5, 0.6) is 0 Å². The second kappa shape index (κ2) is 6.73. The topological polar surface area (TPSA) is 42.4 Å². The molecule has 0 unspecified atom stereocenters. The van der Waals surface area contributed by atoms with Gasteiger partial charge in [0, 0.05) is 31.1 Å². The van der Waals surface area contributed by atoms with Crippen molar-refractivity contribution < 1.29 is 9.53 Å². The molecular formula is C18H24N2O2S. The summed E-state index contributed by atoms with van der Waals surface area (Å²) in [4.78, 5) is 19.0. The van der Waals surface area contributed by atoms with E-state index in [0.29, 0.717) is 12.3 Å². The van der Waals surface area contributed by atoms with Crippen LogP contribution in [0.2, 0.25) is 0 Å². The number of allylic oxidation sites excluding steroid dienone is 1. The number of rotatable bonds is 3. The summed E-state index contributed by atoms with van der Waals surface area (Å²) >= 11 is 1.67. The second-order valence-electron chi connectivity index (χ2n) is 6.94.